The van der Waals surface area contributed by atoms with Gasteiger partial charge < -0.3 is 9.47 Å². The highest BCUT2D eigenvalue weighted by atomic mass is 32.2. The van der Waals surface area contributed by atoms with Gasteiger partial charge in [-0.15, -0.1) is 0 Å². The van der Waals surface area contributed by atoms with Crippen molar-refractivity contribution in [3.8, 4) is 0 Å². The third kappa shape index (κ3) is 3.97. The lowest BCUT2D eigenvalue weighted by Gasteiger charge is -2.33. The standard InChI is InChI=1S/C15H26N4O4S/c1-2-19-14(5-6-16-19)15-13(4-3-9-23-15)12-17-24(20,21)18-7-10-22-11-8-18/h5-6,13,15,17H,2-4,7-12H2,1H3/t13-,15+/m0/s1. The topological polar surface area (TPSA) is 85.7 Å². The third-order valence-corrected chi connectivity index (χ3v) is 6.20. The minimum atomic E-state index is -3.47. The van der Waals surface area contributed by atoms with Crippen LogP contribution in [0.5, 0.6) is 0 Å². The Labute approximate surface area is 143 Å². The van der Waals surface area contributed by atoms with Crippen molar-refractivity contribution in [3.05, 3.63) is 18.0 Å². The quantitative estimate of drug-likeness (QED) is 0.802. The van der Waals surface area contributed by atoms with E-state index in [0.29, 0.717) is 39.5 Å². The van der Waals surface area contributed by atoms with Crippen molar-refractivity contribution in [2.45, 2.75) is 32.4 Å². The SMILES string of the molecule is CCn1nccc1[C@@H]1OCCC[C@H]1CNS(=O)(=O)N1CCOCC1. The van der Waals surface area contributed by atoms with Crippen LogP contribution in [0.4, 0.5) is 0 Å². The highest BCUT2D eigenvalue weighted by Gasteiger charge is 2.32. The van der Waals surface area contributed by atoms with Crippen molar-refractivity contribution in [2.75, 3.05) is 39.5 Å². The zero-order chi connectivity index (χ0) is 17.0. The highest BCUT2D eigenvalue weighted by Crippen LogP contribution is 2.33. The molecule has 2 saturated heterocycles. The Morgan fingerprint density at radius 3 is 2.88 bits per heavy atom. The number of ether oxygens (including phenoxy) is 2. The minimum Gasteiger partial charge on any atom is -0.379 e. The lowest BCUT2D eigenvalue weighted by molar-refractivity contribution is -0.0313. The fourth-order valence-electron chi connectivity index (χ4n) is 3.32. The van der Waals surface area contributed by atoms with Crippen LogP contribution in [0.15, 0.2) is 12.3 Å². The van der Waals surface area contributed by atoms with Crippen LogP contribution in [-0.2, 0) is 26.2 Å². The van der Waals surface area contributed by atoms with E-state index in [1.54, 1.807) is 6.20 Å². The van der Waals surface area contributed by atoms with E-state index in [2.05, 4.69) is 9.82 Å². The number of aryl methyl sites for hydroxylation is 1. The molecule has 2 fully saturated rings. The van der Waals surface area contributed by atoms with E-state index in [0.717, 1.165) is 25.1 Å². The van der Waals surface area contributed by atoms with E-state index in [9.17, 15) is 8.42 Å². The largest absolute Gasteiger partial charge is 0.379 e. The molecule has 0 amide bonds. The molecule has 24 heavy (non-hydrogen) atoms. The van der Waals surface area contributed by atoms with Crippen LogP contribution in [0.25, 0.3) is 0 Å². The summed E-state index contributed by atoms with van der Waals surface area (Å²) in [6.45, 7) is 5.60. The fourth-order valence-corrected chi connectivity index (χ4v) is 4.56. The van der Waals surface area contributed by atoms with Gasteiger partial charge in [-0.2, -0.15) is 17.8 Å². The average Bonchev–Trinajstić information content (AvgIpc) is 3.09. The van der Waals surface area contributed by atoms with Crippen LogP contribution >= 0.6 is 0 Å². The molecule has 8 nitrogen and oxygen atoms in total. The maximum absolute atomic E-state index is 12.4. The van der Waals surface area contributed by atoms with Gasteiger partial charge in [-0.3, -0.25) is 4.68 Å². The summed E-state index contributed by atoms with van der Waals surface area (Å²) in [5.74, 6) is 0.108. The van der Waals surface area contributed by atoms with E-state index in [1.165, 1.54) is 4.31 Å². The number of rotatable bonds is 6. The smallest absolute Gasteiger partial charge is 0.279 e. The molecule has 2 aliphatic heterocycles. The monoisotopic (exact) mass is 358 g/mol. The Morgan fingerprint density at radius 1 is 1.33 bits per heavy atom. The summed E-state index contributed by atoms with van der Waals surface area (Å²) in [6, 6.07) is 1.96. The summed E-state index contributed by atoms with van der Waals surface area (Å²) >= 11 is 0. The van der Waals surface area contributed by atoms with Gasteiger partial charge in [0.25, 0.3) is 10.2 Å². The van der Waals surface area contributed by atoms with Gasteiger partial charge in [-0.1, -0.05) is 0 Å². The molecule has 0 saturated carbocycles. The second kappa shape index (κ2) is 7.92. The van der Waals surface area contributed by atoms with Gasteiger partial charge in [0.2, 0.25) is 0 Å². The molecule has 9 heteroatoms. The maximum atomic E-state index is 12.4. The Balaban J connectivity index is 1.66. The molecule has 2 atom stereocenters. The number of nitrogens with zero attached hydrogens (tertiary/aromatic N) is 3. The molecule has 0 aliphatic carbocycles. The Morgan fingerprint density at radius 2 is 2.12 bits per heavy atom. The first kappa shape index (κ1) is 17.8. The van der Waals surface area contributed by atoms with Crippen molar-refractivity contribution in [1.29, 1.82) is 0 Å². The molecule has 0 bridgehead atoms. The summed E-state index contributed by atoms with van der Waals surface area (Å²) in [5, 5.41) is 4.30. The molecular weight excluding hydrogens is 332 g/mol. The van der Waals surface area contributed by atoms with Crippen molar-refractivity contribution in [1.82, 2.24) is 18.8 Å². The predicted molar refractivity (Wildman–Crippen MR) is 88.6 cm³/mol. The summed E-state index contributed by atoms with van der Waals surface area (Å²) < 4.78 is 42.2. The Kier molecular flexibility index (Phi) is 5.88. The van der Waals surface area contributed by atoms with Crippen LogP contribution in [0, 0.1) is 5.92 Å². The summed E-state index contributed by atoms with van der Waals surface area (Å²) in [5.41, 5.74) is 1.02. The summed E-state index contributed by atoms with van der Waals surface area (Å²) in [7, 11) is -3.47. The number of hydrogen-bond acceptors (Lipinski definition) is 5. The van der Waals surface area contributed by atoms with E-state index >= 15 is 0 Å². The van der Waals surface area contributed by atoms with Gasteiger partial charge in [0.1, 0.15) is 6.10 Å². The molecule has 0 spiro atoms. The molecule has 0 unspecified atom stereocenters. The van der Waals surface area contributed by atoms with Crippen LogP contribution in [-0.4, -0.2) is 62.0 Å². The molecule has 1 aromatic heterocycles. The van der Waals surface area contributed by atoms with Gasteiger partial charge in [-0.25, -0.2) is 4.72 Å². The molecule has 1 N–H and O–H groups in total. The second-order valence-corrected chi connectivity index (χ2v) is 7.89. The zero-order valence-electron chi connectivity index (χ0n) is 14.1. The first-order valence-corrected chi connectivity index (χ1v) is 10.0. The van der Waals surface area contributed by atoms with E-state index < -0.39 is 10.2 Å². The molecule has 1 aromatic rings. The number of aromatic nitrogens is 2. The predicted octanol–water partition coefficient (Wildman–Crippen LogP) is 0.537. The third-order valence-electron chi connectivity index (χ3n) is 4.62. The van der Waals surface area contributed by atoms with Gasteiger partial charge in [0.15, 0.2) is 0 Å². The minimum absolute atomic E-state index is 0.108. The van der Waals surface area contributed by atoms with Crippen molar-refractivity contribution in [2.24, 2.45) is 5.92 Å². The van der Waals surface area contributed by atoms with Gasteiger partial charge in [0, 0.05) is 44.9 Å². The Bertz CT molecular complexity index is 627. The van der Waals surface area contributed by atoms with Crippen LogP contribution in [0.2, 0.25) is 0 Å². The van der Waals surface area contributed by atoms with Crippen molar-refractivity contribution in [3.63, 3.8) is 0 Å². The van der Waals surface area contributed by atoms with Gasteiger partial charge in [0.05, 0.1) is 18.9 Å². The van der Waals surface area contributed by atoms with Crippen molar-refractivity contribution < 1.29 is 17.9 Å². The fraction of sp³-hybridized carbons (Fsp3) is 0.800. The van der Waals surface area contributed by atoms with E-state index in [-0.39, 0.29) is 12.0 Å². The Hall–Kier alpha value is -1.00. The van der Waals surface area contributed by atoms with Gasteiger partial charge >= 0.3 is 0 Å². The van der Waals surface area contributed by atoms with Crippen LogP contribution in [0.1, 0.15) is 31.6 Å². The van der Waals surface area contributed by atoms with Gasteiger partial charge in [-0.05, 0) is 25.8 Å². The number of morpholine rings is 1. The second-order valence-electron chi connectivity index (χ2n) is 6.13. The zero-order valence-corrected chi connectivity index (χ0v) is 14.9. The molecule has 3 heterocycles. The molecule has 2 aliphatic rings. The first-order chi connectivity index (χ1) is 11.6. The van der Waals surface area contributed by atoms with E-state index in [4.69, 9.17) is 9.47 Å². The first-order valence-electron chi connectivity index (χ1n) is 8.57. The van der Waals surface area contributed by atoms with Crippen LogP contribution < -0.4 is 4.72 Å². The molecule has 0 aromatic carbocycles. The highest BCUT2D eigenvalue weighted by molar-refractivity contribution is 7.87. The molecular formula is C15H26N4O4S. The molecule has 136 valence electrons. The average molecular weight is 358 g/mol. The summed E-state index contributed by atoms with van der Waals surface area (Å²) in [4.78, 5) is 0. The van der Waals surface area contributed by atoms with Crippen LogP contribution in [0.3, 0.4) is 0 Å². The molecule has 0 radical (unpaired) electrons. The molecule has 3 rings (SSSR count). The van der Waals surface area contributed by atoms with Crippen molar-refractivity contribution >= 4 is 10.2 Å². The normalized spacial score (nSPS) is 26.5. The summed E-state index contributed by atoms with van der Waals surface area (Å²) in [6.07, 6.45) is 3.53. The lowest BCUT2D eigenvalue weighted by Crippen LogP contribution is -2.48. The number of nitrogens with one attached hydrogen (secondary N) is 1. The van der Waals surface area contributed by atoms with E-state index in [1.807, 2.05) is 17.7 Å². The lowest BCUT2D eigenvalue weighted by atomic mass is 9.92. The maximum Gasteiger partial charge on any atom is 0.279 e. The number of hydrogen-bond donors (Lipinski definition) is 1.